The van der Waals surface area contributed by atoms with E-state index in [2.05, 4.69) is 20.8 Å². The zero-order valence-corrected chi connectivity index (χ0v) is 24.8. The van der Waals surface area contributed by atoms with Crippen molar-refractivity contribution in [2.75, 3.05) is 24.3 Å². The molecule has 3 aromatic carbocycles. The number of hydrogen-bond donors (Lipinski definition) is 2. The van der Waals surface area contributed by atoms with Gasteiger partial charge in [-0.15, -0.1) is 10.2 Å². The molecule has 0 saturated carbocycles. The Morgan fingerprint density at radius 3 is 2.28 bits per heavy atom. The number of benzene rings is 3. The molecule has 0 aliphatic rings. The molecule has 2 N–H and O–H groups in total. The highest BCUT2D eigenvalue weighted by Crippen LogP contribution is 2.34. The molecule has 4 aromatic rings. The first-order chi connectivity index (χ1) is 20.5. The van der Waals surface area contributed by atoms with Crippen LogP contribution in [0.25, 0.3) is 5.69 Å². The Bertz CT molecular complexity index is 1570. The lowest BCUT2D eigenvalue weighted by molar-refractivity contribution is -0.137. The predicted octanol–water partition coefficient (Wildman–Crippen LogP) is 6.42. The zero-order valence-electron chi connectivity index (χ0n) is 22.5. The lowest BCUT2D eigenvalue weighted by atomic mass is 10.2. The molecule has 0 aliphatic heterocycles. The fourth-order valence-corrected chi connectivity index (χ4v) is 4.71. The van der Waals surface area contributed by atoms with Crippen molar-refractivity contribution in [3.05, 3.63) is 88.2 Å². The van der Waals surface area contributed by atoms with E-state index >= 15 is 0 Å². The first kappa shape index (κ1) is 32.0. The fraction of sp³-hybridized carbons (Fsp3) is 0.214. The van der Waals surface area contributed by atoms with Gasteiger partial charge in [0.2, 0.25) is 5.91 Å². The molecular weight excluding hydrogens is 630 g/mol. The molecule has 0 saturated heterocycles. The number of aromatic nitrogens is 3. The van der Waals surface area contributed by atoms with Crippen LogP contribution in [-0.2, 0) is 22.3 Å². The second-order valence-corrected chi connectivity index (χ2v) is 10.5. The highest BCUT2D eigenvalue weighted by atomic mass is 35.5. The number of nitrogens with zero attached hydrogens (tertiary/aromatic N) is 3. The van der Waals surface area contributed by atoms with E-state index in [0.29, 0.717) is 39.8 Å². The van der Waals surface area contributed by atoms with Gasteiger partial charge >= 0.3 is 6.18 Å². The van der Waals surface area contributed by atoms with E-state index in [1.54, 1.807) is 53.1 Å². The Morgan fingerprint density at radius 1 is 0.930 bits per heavy atom. The molecule has 2 amide bonds. The molecule has 0 fully saturated rings. The number of carbonyl (C=O) groups excluding carboxylic acids is 2. The number of anilines is 1. The quantitative estimate of drug-likeness (QED) is 0.170. The van der Waals surface area contributed by atoms with Crippen LogP contribution in [0.5, 0.6) is 11.5 Å². The van der Waals surface area contributed by atoms with Crippen LogP contribution >= 0.6 is 35.0 Å². The lowest BCUT2D eigenvalue weighted by Crippen LogP contribution is -2.29. The number of carbonyl (C=O) groups is 2. The van der Waals surface area contributed by atoms with Crippen LogP contribution < -0.4 is 20.1 Å². The summed E-state index contributed by atoms with van der Waals surface area (Å²) in [7, 11) is 0. The molecule has 0 bridgehead atoms. The summed E-state index contributed by atoms with van der Waals surface area (Å²) in [6.07, 6.45) is -4.60. The van der Waals surface area contributed by atoms with E-state index in [0.717, 1.165) is 30.0 Å². The van der Waals surface area contributed by atoms with Crippen LogP contribution in [0.1, 0.15) is 18.3 Å². The number of halogens is 5. The maximum Gasteiger partial charge on any atom is 0.416 e. The third-order valence-corrected chi connectivity index (χ3v) is 7.14. The average Bonchev–Trinajstić information content (AvgIpc) is 3.38. The van der Waals surface area contributed by atoms with E-state index in [-0.39, 0.29) is 29.6 Å². The van der Waals surface area contributed by atoms with Crippen LogP contribution in [0.4, 0.5) is 18.9 Å². The van der Waals surface area contributed by atoms with Gasteiger partial charge in [0.25, 0.3) is 5.91 Å². The van der Waals surface area contributed by atoms with Gasteiger partial charge in [-0.1, -0.05) is 35.0 Å². The molecule has 1 heterocycles. The van der Waals surface area contributed by atoms with Crippen molar-refractivity contribution in [1.29, 1.82) is 0 Å². The molecule has 0 aliphatic carbocycles. The summed E-state index contributed by atoms with van der Waals surface area (Å²) in [5.74, 6) is 0.223. The summed E-state index contributed by atoms with van der Waals surface area (Å²) in [6, 6.07) is 16.2. The third kappa shape index (κ3) is 9.02. The maximum atomic E-state index is 13.1. The van der Waals surface area contributed by atoms with Crippen LogP contribution in [0.15, 0.2) is 71.9 Å². The summed E-state index contributed by atoms with van der Waals surface area (Å²) in [5.41, 5.74) is -0.487. The highest BCUT2D eigenvalue weighted by Gasteiger charge is 2.31. The Balaban J connectivity index is 1.46. The number of hydrogen-bond acceptors (Lipinski definition) is 7. The van der Waals surface area contributed by atoms with Crippen molar-refractivity contribution >= 4 is 52.5 Å². The number of ether oxygens (including phenoxy) is 2. The van der Waals surface area contributed by atoms with E-state index in [9.17, 15) is 22.8 Å². The van der Waals surface area contributed by atoms with Gasteiger partial charge in [0.1, 0.15) is 11.5 Å². The van der Waals surface area contributed by atoms with Gasteiger partial charge in [-0.25, -0.2) is 0 Å². The number of thioether (sulfide) groups is 1. The Kier molecular flexibility index (Phi) is 10.8. The molecule has 226 valence electrons. The standard InChI is InChI=1S/C28H24Cl2F3N5O4S/c1-2-41-20-10-6-19(7-11-20)38-24(14-34-25(39)15-42-21-8-4-18(29)5-9-21)36-37-27(38)43-16-26(40)35-23-13-17(28(31,32)33)3-12-22(23)30/h3-13H,2,14-16H2,1H3,(H,34,39)(H,35,40). The van der Waals surface area contributed by atoms with Crippen molar-refractivity contribution in [1.82, 2.24) is 20.1 Å². The normalized spacial score (nSPS) is 11.2. The van der Waals surface area contributed by atoms with Gasteiger partial charge in [-0.2, -0.15) is 13.2 Å². The second-order valence-electron chi connectivity index (χ2n) is 8.71. The number of nitrogens with one attached hydrogen (secondary N) is 2. The van der Waals surface area contributed by atoms with Crippen molar-refractivity contribution < 1.29 is 32.2 Å². The Morgan fingerprint density at radius 2 is 1.60 bits per heavy atom. The van der Waals surface area contributed by atoms with Gasteiger partial charge in [0.15, 0.2) is 17.6 Å². The summed E-state index contributed by atoms with van der Waals surface area (Å²) >= 11 is 12.9. The highest BCUT2D eigenvalue weighted by molar-refractivity contribution is 7.99. The van der Waals surface area contributed by atoms with Crippen molar-refractivity contribution in [3.8, 4) is 17.2 Å². The molecule has 15 heteroatoms. The van der Waals surface area contributed by atoms with Crippen LogP contribution in [-0.4, -0.2) is 45.5 Å². The van der Waals surface area contributed by atoms with E-state index < -0.39 is 23.6 Å². The second kappa shape index (κ2) is 14.5. The number of alkyl halides is 3. The van der Waals surface area contributed by atoms with Crippen LogP contribution in [0.2, 0.25) is 10.0 Å². The first-order valence-electron chi connectivity index (χ1n) is 12.7. The molecule has 1 aromatic heterocycles. The van der Waals surface area contributed by atoms with Gasteiger partial charge in [0.05, 0.1) is 35.2 Å². The molecule has 0 radical (unpaired) electrons. The summed E-state index contributed by atoms with van der Waals surface area (Å²) in [5, 5.41) is 14.3. The molecule has 0 spiro atoms. The molecule has 9 nitrogen and oxygen atoms in total. The lowest BCUT2D eigenvalue weighted by Gasteiger charge is -2.13. The number of amides is 2. The summed E-state index contributed by atoms with van der Waals surface area (Å²) < 4.78 is 51.9. The summed E-state index contributed by atoms with van der Waals surface area (Å²) in [6.45, 7) is 2.07. The van der Waals surface area contributed by atoms with Gasteiger partial charge in [-0.3, -0.25) is 14.2 Å². The van der Waals surface area contributed by atoms with Gasteiger partial charge < -0.3 is 20.1 Å². The average molecular weight is 654 g/mol. The summed E-state index contributed by atoms with van der Waals surface area (Å²) in [4.78, 5) is 25.1. The SMILES string of the molecule is CCOc1ccc(-n2c(CNC(=O)COc3ccc(Cl)cc3)nnc2SCC(=O)Nc2cc(C(F)(F)F)ccc2Cl)cc1. The van der Waals surface area contributed by atoms with E-state index in [1.165, 1.54) is 0 Å². The maximum absolute atomic E-state index is 13.1. The Hall–Kier alpha value is -3.94. The van der Waals surface area contributed by atoms with Crippen molar-refractivity contribution in [3.63, 3.8) is 0 Å². The van der Waals surface area contributed by atoms with Gasteiger partial charge in [0, 0.05) is 10.7 Å². The first-order valence-corrected chi connectivity index (χ1v) is 14.4. The monoisotopic (exact) mass is 653 g/mol. The minimum absolute atomic E-state index is 0.0182. The van der Waals surface area contributed by atoms with E-state index in [4.69, 9.17) is 32.7 Å². The zero-order chi connectivity index (χ0) is 31.0. The minimum atomic E-state index is -4.60. The largest absolute Gasteiger partial charge is 0.494 e. The predicted molar refractivity (Wildman–Crippen MR) is 157 cm³/mol. The molecule has 0 unspecified atom stereocenters. The van der Waals surface area contributed by atoms with E-state index in [1.807, 2.05) is 6.92 Å². The molecular formula is C28H24Cl2F3N5O4S. The van der Waals surface area contributed by atoms with Crippen molar-refractivity contribution in [2.45, 2.75) is 24.8 Å². The van der Waals surface area contributed by atoms with Crippen molar-refractivity contribution in [2.24, 2.45) is 0 Å². The molecule has 0 atom stereocenters. The number of rotatable bonds is 12. The minimum Gasteiger partial charge on any atom is -0.494 e. The van der Waals surface area contributed by atoms with Crippen LogP contribution in [0, 0.1) is 0 Å². The fourth-order valence-electron chi connectivity index (χ4n) is 3.65. The third-order valence-electron chi connectivity index (χ3n) is 5.63. The van der Waals surface area contributed by atoms with Crippen LogP contribution in [0.3, 0.4) is 0 Å². The topological polar surface area (TPSA) is 107 Å². The Labute approximate surface area is 258 Å². The molecule has 4 rings (SSSR count). The molecule has 43 heavy (non-hydrogen) atoms. The van der Waals surface area contributed by atoms with Gasteiger partial charge in [-0.05, 0) is 73.7 Å². The smallest absolute Gasteiger partial charge is 0.416 e.